The summed E-state index contributed by atoms with van der Waals surface area (Å²) in [6.07, 6.45) is -4.13. The quantitative estimate of drug-likeness (QED) is 0.793. The highest BCUT2D eigenvalue weighted by Gasteiger charge is 2.35. The zero-order valence-electron chi connectivity index (χ0n) is 15.3. The predicted molar refractivity (Wildman–Crippen MR) is 95.3 cm³/mol. The lowest BCUT2D eigenvalue weighted by molar-refractivity contribution is -0.137. The number of halogens is 4. The molecule has 0 radical (unpaired) electrons. The van der Waals surface area contributed by atoms with Crippen LogP contribution in [0.4, 0.5) is 23.2 Å². The van der Waals surface area contributed by atoms with E-state index in [-0.39, 0.29) is 31.6 Å². The number of nitrogens with one attached hydrogen (secondary N) is 1. The van der Waals surface area contributed by atoms with Crippen molar-refractivity contribution in [1.29, 1.82) is 5.26 Å². The summed E-state index contributed by atoms with van der Waals surface area (Å²) in [5.41, 5.74) is 0.0820. The largest absolute Gasteiger partial charge is 0.416 e. The molecule has 2 aliphatic heterocycles. The Bertz CT molecular complexity index is 723. The van der Waals surface area contributed by atoms with E-state index >= 15 is 0 Å². The van der Waals surface area contributed by atoms with E-state index in [2.05, 4.69) is 5.32 Å². The van der Waals surface area contributed by atoms with Crippen molar-refractivity contribution in [1.82, 2.24) is 10.2 Å². The molecule has 2 fully saturated rings. The summed E-state index contributed by atoms with van der Waals surface area (Å²) in [6, 6.07) is 7.12. The maximum Gasteiger partial charge on any atom is 0.416 e. The molecule has 9 heteroatoms. The molecule has 0 bridgehead atoms. The topological polar surface area (TPSA) is 59.4 Å². The van der Waals surface area contributed by atoms with Gasteiger partial charge in [-0.15, -0.1) is 0 Å². The third-order valence-corrected chi connectivity index (χ3v) is 5.36. The van der Waals surface area contributed by atoms with Crippen LogP contribution in [0, 0.1) is 17.2 Å². The minimum absolute atomic E-state index is 0.0366. The van der Waals surface area contributed by atoms with Gasteiger partial charge in [-0.25, -0.2) is 4.39 Å². The van der Waals surface area contributed by atoms with Gasteiger partial charge < -0.3 is 15.1 Å². The Morgan fingerprint density at radius 3 is 2.36 bits per heavy atom. The smallest absolute Gasteiger partial charge is 0.371 e. The molecule has 0 spiro atoms. The fraction of sp³-hybridized carbons (Fsp3) is 0.579. The summed E-state index contributed by atoms with van der Waals surface area (Å²) in [5, 5.41) is 12.0. The molecule has 0 aromatic heterocycles. The number of piperidine rings is 1. The first-order valence-electron chi connectivity index (χ1n) is 9.25. The number of hydrogen-bond donors (Lipinski definition) is 1. The van der Waals surface area contributed by atoms with Crippen molar-refractivity contribution in [3.8, 4) is 6.07 Å². The molecule has 0 aliphatic carbocycles. The second-order valence-electron chi connectivity index (χ2n) is 7.24. The number of anilines is 1. The maximum absolute atomic E-state index is 13.6. The second-order valence-corrected chi connectivity index (χ2v) is 7.24. The monoisotopic (exact) mass is 398 g/mol. The lowest BCUT2D eigenvalue weighted by Crippen LogP contribution is -2.46. The number of hydrogen-bond acceptors (Lipinski definition) is 4. The van der Waals surface area contributed by atoms with Gasteiger partial charge in [0.05, 0.1) is 30.6 Å². The number of likely N-dealkylation sites (tertiary alicyclic amines) is 1. The van der Waals surface area contributed by atoms with Crippen molar-refractivity contribution < 1.29 is 22.4 Å². The van der Waals surface area contributed by atoms with E-state index in [0.29, 0.717) is 13.1 Å². The first-order valence-corrected chi connectivity index (χ1v) is 9.25. The van der Waals surface area contributed by atoms with Gasteiger partial charge in [0.15, 0.2) is 0 Å². The number of alkyl halides is 4. The summed E-state index contributed by atoms with van der Waals surface area (Å²) in [7, 11) is 0. The minimum atomic E-state index is -4.34. The van der Waals surface area contributed by atoms with Gasteiger partial charge in [-0.1, -0.05) is 0 Å². The fourth-order valence-corrected chi connectivity index (χ4v) is 3.64. The molecule has 5 nitrogen and oxygen atoms in total. The van der Waals surface area contributed by atoms with Gasteiger partial charge in [0.1, 0.15) is 6.17 Å². The molecule has 1 amide bonds. The summed E-state index contributed by atoms with van der Waals surface area (Å²) < 4.78 is 51.5. The van der Waals surface area contributed by atoms with Crippen molar-refractivity contribution >= 4 is 11.6 Å². The van der Waals surface area contributed by atoms with Crippen LogP contribution in [0.2, 0.25) is 0 Å². The number of nitrogens with zero attached hydrogens (tertiary/aromatic N) is 3. The van der Waals surface area contributed by atoms with E-state index in [1.165, 1.54) is 17.0 Å². The number of rotatable bonds is 4. The van der Waals surface area contributed by atoms with Crippen LogP contribution in [0.3, 0.4) is 0 Å². The number of benzene rings is 1. The zero-order valence-corrected chi connectivity index (χ0v) is 15.3. The molecule has 2 saturated heterocycles. The summed E-state index contributed by atoms with van der Waals surface area (Å²) in [6.45, 7) is 1.53. The van der Waals surface area contributed by atoms with E-state index in [9.17, 15) is 22.4 Å². The lowest BCUT2D eigenvalue weighted by atomic mass is 10.0. The minimum Gasteiger partial charge on any atom is -0.371 e. The average Bonchev–Trinajstić information content (AvgIpc) is 3.07. The van der Waals surface area contributed by atoms with Crippen LogP contribution in [0.5, 0.6) is 0 Å². The van der Waals surface area contributed by atoms with E-state index in [1.807, 2.05) is 11.0 Å². The second kappa shape index (κ2) is 8.35. The number of nitriles is 1. The number of amides is 1. The Morgan fingerprint density at radius 1 is 1.18 bits per heavy atom. The molecule has 2 heterocycles. The van der Waals surface area contributed by atoms with Gasteiger partial charge in [0.25, 0.3) is 0 Å². The molecule has 3 rings (SSSR count). The van der Waals surface area contributed by atoms with Crippen LogP contribution < -0.4 is 10.2 Å². The van der Waals surface area contributed by atoms with Crippen LogP contribution in [-0.2, 0) is 11.0 Å². The van der Waals surface area contributed by atoms with Gasteiger partial charge in [-0.05, 0) is 37.1 Å². The van der Waals surface area contributed by atoms with E-state index in [0.717, 1.165) is 30.7 Å². The zero-order chi connectivity index (χ0) is 20.3. The first kappa shape index (κ1) is 20.4. The van der Waals surface area contributed by atoms with E-state index in [4.69, 9.17) is 5.26 Å². The molecule has 1 aromatic rings. The van der Waals surface area contributed by atoms with Gasteiger partial charge in [-0.3, -0.25) is 4.79 Å². The Morgan fingerprint density at radius 2 is 1.82 bits per heavy atom. The summed E-state index contributed by atoms with van der Waals surface area (Å²) in [5.74, 6) is -0.971. The van der Waals surface area contributed by atoms with Crippen molar-refractivity contribution in [2.75, 3.05) is 37.6 Å². The van der Waals surface area contributed by atoms with Crippen molar-refractivity contribution in [2.24, 2.45) is 5.92 Å². The summed E-state index contributed by atoms with van der Waals surface area (Å²) >= 11 is 0. The highest BCUT2D eigenvalue weighted by molar-refractivity contribution is 5.78. The van der Waals surface area contributed by atoms with Crippen LogP contribution in [0.25, 0.3) is 0 Å². The van der Waals surface area contributed by atoms with Crippen LogP contribution in [-0.4, -0.2) is 55.7 Å². The third-order valence-electron chi connectivity index (χ3n) is 5.36. The Labute approximate surface area is 160 Å². The molecule has 0 saturated carbocycles. The molecule has 28 heavy (non-hydrogen) atoms. The number of carbonyl (C=O) groups is 1. The molecular formula is C19H22F4N4O. The molecule has 1 N–H and O–H groups in total. The normalized spacial score (nSPS) is 23.7. The molecule has 0 unspecified atom stereocenters. The van der Waals surface area contributed by atoms with E-state index in [1.54, 1.807) is 0 Å². The Kier molecular flexibility index (Phi) is 6.08. The molecular weight excluding hydrogens is 376 g/mol. The van der Waals surface area contributed by atoms with Crippen LogP contribution >= 0.6 is 0 Å². The maximum atomic E-state index is 13.6. The fourth-order valence-electron chi connectivity index (χ4n) is 3.64. The van der Waals surface area contributed by atoms with Gasteiger partial charge in [-0.2, -0.15) is 18.4 Å². The van der Waals surface area contributed by atoms with Crippen LogP contribution in [0.1, 0.15) is 18.4 Å². The van der Waals surface area contributed by atoms with Crippen molar-refractivity contribution in [3.05, 3.63) is 29.8 Å². The standard InChI is InChI=1S/C19H22F4N4O/c20-17-12-27(11-13(17)9-24)18(28)10-25-15-5-7-26(8-6-15)16-3-1-14(2-4-16)19(21,22)23/h1-4,13,15,17,25H,5-8,10-12H2/t13-,17+/m1/s1. The third kappa shape index (κ3) is 4.73. The lowest BCUT2D eigenvalue weighted by Gasteiger charge is -2.34. The highest BCUT2D eigenvalue weighted by Crippen LogP contribution is 2.31. The van der Waals surface area contributed by atoms with Crippen molar-refractivity contribution in [2.45, 2.75) is 31.2 Å². The van der Waals surface area contributed by atoms with Crippen LogP contribution in [0.15, 0.2) is 24.3 Å². The van der Waals surface area contributed by atoms with Gasteiger partial charge >= 0.3 is 6.18 Å². The van der Waals surface area contributed by atoms with Gasteiger partial charge in [0, 0.05) is 31.4 Å². The average molecular weight is 398 g/mol. The highest BCUT2D eigenvalue weighted by atomic mass is 19.4. The summed E-state index contributed by atoms with van der Waals surface area (Å²) in [4.78, 5) is 15.6. The molecule has 1 aromatic carbocycles. The molecule has 2 aliphatic rings. The Balaban J connectivity index is 1.43. The van der Waals surface area contributed by atoms with Gasteiger partial charge in [0.2, 0.25) is 5.91 Å². The molecule has 152 valence electrons. The SMILES string of the molecule is N#C[C@@H]1CN(C(=O)CNC2CCN(c3ccc(C(F)(F)F)cc3)CC2)C[C@@H]1F. The first-order chi connectivity index (χ1) is 13.3. The molecule has 2 atom stereocenters. The Hall–Kier alpha value is -2.34. The van der Waals surface area contributed by atoms with Crippen molar-refractivity contribution in [3.63, 3.8) is 0 Å². The predicted octanol–water partition coefficient (Wildman–Crippen LogP) is 2.58. The number of carbonyl (C=O) groups excluding carboxylic acids is 1. The van der Waals surface area contributed by atoms with E-state index < -0.39 is 23.8 Å².